The third-order valence-corrected chi connectivity index (χ3v) is 4.20. The van der Waals surface area contributed by atoms with Crippen LogP contribution in [0.3, 0.4) is 0 Å². The van der Waals surface area contributed by atoms with Gasteiger partial charge in [-0.2, -0.15) is 0 Å². The zero-order chi connectivity index (χ0) is 13.8. The first-order valence-corrected chi connectivity index (χ1v) is 7.11. The van der Waals surface area contributed by atoms with E-state index in [1.54, 1.807) is 4.90 Å². The number of carboxylic acid groups (broad SMARTS) is 1. The predicted molar refractivity (Wildman–Crippen MR) is 74.8 cm³/mol. The van der Waals surface area contributed by atoms with Crippen molar-refractivity contribution in [1.82, 2.24) is 4.90 Å². The van der Waals surface area contributed by atoms with Gasteiger partial charge in [0.1, 0.15) is 0 Å². The molecule has 2 rings (SSSR count). The van der Waals surface area contributed by atoms with Crippen LogP contribution < -0.4 is 0 Å². The van der Waals surface area contributed by atoms with Gasteiger partial charge in [0.15, 0.2) is 0 Å². The Labute approximate surface area is 120 Å². The van der Waals surface area contributed by atoms with Gasteiger partial charge in [-0.05, 0) is 24.5 Å². The minimum atomic E-state index is -0.807. The lowest BCUT2D eigenvalue weighted by molar-refractivity contribution is -0.145. The van der Waals surface area contributed by atoms with Crippen LogP contribution in [0.4, 0.5) is 0 Å². The number of piperidine rings is 1. The average molecular weight is 326 g/mol. The fourth-order valence-electron chi connectivity index (χ4n) is 2.32. The van der Waals surface area contributed by atoms with Crippen LogP contribution in [0, 0.1) is 5.92 Å². The summed E-state index contributed by atoms with van der Waals surface area (Å²) in [5.41, 5.74) is 0.935. The number of likely N-dealkylation sites (tertiary alicyclic amines) is 1. The van der Waals surface area contributed by atoms with Crippen LogP contribution in [0.15, 0.2) is 28.7 Å². The van der Waals surface area contributed by atoms with Gasteiger partial charge in [-0.1, -0.05) is 34.1 Å². The summed E-state index contributed by atoms with van der Waals surface area (Å²) in [6.07, 6.45) is 1.74. The topological polar surface area (TPSA) is 57.6 Å². The molecule has 0 spiro atoms. The van der Waals surface area contributed by atoms with Gasteiger partial charge in [0.25, 0.3) is 0 Å². The number of carboxylic acids is 1. The maximum Gasteiger partial charge on any atom is 0.308 e. The van der Waals surface area contributed by atoms with Crippen LogP contribution in [0.5, 0.6) is 0 Å². The zero-order valence-electron chi connectivity index (χ0n) is 10.5. The van der Waals surface area contributed by atoms with Gasteiger partial charge in [-0.25, -0.2) is 0 Å². The number of carbonyl (C=O) groups excluding carboxylic acids is 1. The van der Waals surface area contributed by atoms with Gasteiger partial charge in [0.05, 0.1) is 12.3 Å². The molecule has 1 aromatic carbocycles. The number of carbonyl (C=O) groups is 2. The number of hydrogen-bond acceptors (Lipinski definition) is 2. The van der Waals surface area contributed by atoms with Crippen molar-refractivity contribution in [1.29, 1.82) is 0 Å². The minimum Gasteiger partial charge on any atom is -0.481 e. The maximum atomic E-state index is 12.2. The number of aliphatic carboxylic acids is 1. The Balaban J connectivity index is 2.00. The van der Waals surface area contributed by atoms with E-state index in [1.165, 1.54) is 0 Å². The Bertz CT molecular complexity index is 489. The highest BCUT2D eigenvalue weighted by atomic mass is 79.9. The second-order valence-electron chi connectivity index (χ2n) is 4.79. The van der Waals surface area contributed by atoms with Crippen molar-refractivity contribution in [2.75, 3.05) is 13.1 Å². The molecule has 1 heterocycles. The predicted octanol–water partition coefficient (Wildman–Crippen LogP) is 2.31. The highest BCUT2D eigenvalue weighted by Crippen LogP contribution is 2.20. The van der Waals surface area contributed by atoms with E-state index in [-0.39, 0.29) is 5.91 Å². The van der Waals surface area contributed by atoms with Crippen molar-refractivity contribution in [3.8, 4) is 0 Å². The molecule has 0 saturated carbocycles. The first-order chi connectivity index (χ1) is 9.08. The molecule has 4 nitrogen and oxygen atoms in total. The van der Waals surface area contributed by atoms with Crippen LogP contribution in [0.25, 0.3) is 0 Å². The number of rotatable bonds is 3. The van der Waals surface area contributed by atoms with Crippen LogP contribution >= 0.6 is 15.9 Å². The molecule has 0 aliphatic carbocycles. The summed E-state index contributed by atoms with van der Waals surface area (Å²) in [7, 11) is 0. The molecule has 1 aromatic rings. The summed E-state index contributed by atoms with van der Waals surface area (Å²) in [6.45, 7) is 0.992. The fraction of sp³-hybridized carbons (Fsp3) is 0.429. The number of amides is 1. The minimum absolute atomic E-state index is 0.00199. The number of benzene rings is 1. The van der Waals surface area contributed by atoms with Crippen molar-refractivity contribution in [2.45, 2.75) is 19.3 Å². The molecule has 19 heavy (non-hydrogen) atoms. The Morgan fingerprint density at radius 1 is 1.37 bits per heavy atom. The molecule has 5 heteroatoms. The summed E-state index contributed by atoms with van der Waals surface area (Å²) in [5, 5.41) is 9.03. The molecule has 1 amide bonds. The normalized spacial score (nSPS) is 19.2. The average Bonchev–Trinajstić information content (AvgIpc) is 2.41. The third-order valence-electron chi connectivity index (χ3n) is 3.42. The molecule has 1 fully saturated rings. The van der Waals surface area contributed by atoms with Gasteiger partial charge >= 0.3 is 5.97 Å². The van der Waals surface area contributed by atoms with Crippen molar-refractivity contribution in [3.63, 3.8) is 0 Å². The monoisotopic (exact) mass is 325 g/mol. The highest BCUT2D eigenvalue weighted by molar-refractivity contribution is 9.10. The fourth-order valence-corrected chi connectivity index (χ4v) is 2.75. The maximum absolute atomic E-state index is 12.2. The van der Waals surface area contributed by atoms with Crippen molar-refractivity contribution < 1.29 is 14.7 Å². The summed E-state index contributed by atoms with van der Waals surface area (Å²) >= 11 is 3.42. The SMILES string of the molecule is O=C(O)[C@H]1CCCN(C(=O)Cc2ccccc2Br)C1. The molecule has 0 unspecified atom stereocenters. The van der Waals surface area contributed by atoms with E-state index < -0.39 is 11.9 Å². The molecule has 0 aromatic heterocycles. The second-order valence-corrected chi connectivity index (χ2v) is 5.64. The molecule has 102 valence electrons. The lowest BCUT2D eigenvalue weighted by Crippen LogP contribution is -2.43. The summed E-state index contributed by atoms with van der Waals surface area (Å²) in [4.78, 5) is 24.9. The smallest absolute Gasteiger partial charge is 0.308 e. The molecule has 1 atom stereocenters. The highest BCUT2D eigenvalue weighted by Gasteiger charge is 2.28. The molecule has 1 aliphatic rings. The van der Waals surface area contributed by atoms with Crippen LogP contribution in [0.1, 0.15) is 18.4 Å². The second kappa shape index (κ2) is 6.19. The molecular formula is C14H16BrNO3. The largest absolute Gasteiger partial charge is 0.481 e. The molecule has 1 N–H and O–H groups in total. The summed E-state index contributed by atoms with van der Waals surface area (Å²) in [5.74, 6) is -1.23. The summed E-state index contributed by atoms with van der Waals surface area (Å²) < 4.78 is 0.912. The van der Waals surface area contributed by atoms with Gasteiger partial charge in [0, 0.05) is 17.6 Å². The summed E-state index contributed by atoms with van der Waals surface area (Å²) in [6, 6.07) is 7.60. The van der Waals surface area contributed by atoms with Crippen LogP contribution in [-0.2, 0) is 16.0 Å². The third kappa shape index (κ3) is 3.56. The van der Waals surface area contributed by atoms with Gasteiger partial charge in [0.2, 0.25) is 5.91 Å². The number of hydrogen-bond donors (Lipinski definition) is 1. The lowest BCUT2D eigenvalue weighted by Gasteiger charge is -2.30. The zero-order valence-corrected chi connectivity index (χ0v) is 12.1. The molecule has 1 saturated heterocycles. The van der Waals surface area contributed by atoms with Crippen molar-refractivity contribution >= 4 is 27.8 Å². The van der Waals surface area contributed by atoms with Gasteiger partial charge in [-0.15, -0.1) is 0 Å². The van der Waals surface area contributed by atoms with Crippen molar-refractivity contribution in [3.05, 3.63) is 34.3 Å². The quantitative estimate of drug-likeness (QED) is 0.927. The van der Waals surface area contributed by atoms with E-state index >= 15 is 0 Å². The Morgan fingerprint density at radius 3 is 2.79 bits per heavy atom. The van der Waals surface area contributed by atoms with Crippen LogP contribution in [0.2, 0.25) is 0 Å². The first kappa shape index (κ1) is 14.1. The van der Waals surface area contributed by atoms with Gasteiger partial charge in [-0.3, -0.25) is 9.59 Å². The Morgan fingerprint density at radius 2 is 2.11 bits per heavy atom. The van der Waals surface area contributed by atoms with E-state index in [2.05, 4.69) is 15.9 Å². The molecule has 1 aliphatic heterocycles. The van der Waals surface area contributed by atoms with Crippen molar-refractivity contribution in [2.24, 2.45) is 5.92 Å². The van der Waals surface area contributed by atoms with E-state index in [0.717, 1.165) is 16.5 Å². The Hall–Kier alpha value is -1.36. The first-order valence-electron chi connectivity index (χ1n) is 6.32. The molecule has 0 radical (unpaired) electrons. The number of nitrogens with zero attached hydrogens (tertiary/aromatic N) is 1. The lowest BCUT2D eigenvalue weighted by atomic mass is 9.97. The standard InChI is InChI=1S/C14H16BrNO3/c15-12-6-2-1-4-10(12)8-13(17)16-7-3-5-11(9-16)14(18)19/h1-2,4,6,11H,3,5,7-9H2,(H,18,19)/t11-/m0/s1. The van der Waals surface area contributed by atoms with E-state index in [0.29, 0.717) is 25.9 Å². The molecule has 0 bridgehead atoms. The Kier molecular flexibility index (Phi) is 4.58. The van der Waals surface area contributed by atoms with Crippen LogP contribution in [-0.4, -0.2) is 35.0 Å². The molecular weight excluding hydrogens is 310 g/mol. The van der Waals surface area contributed by atoms with E-state index in [9.17, 15) is 9.59 Å². The number of halogens is 1. The van der Waals surface area contributed by atoms with E-state index in [4.69, 9.17) is 5.11 Å². The van der Waals surface area contributed by atoms with E-state index in [1.807, 2.05) is 24.3 Å². The van der Waals surface area contributed by atoms with Gasteiger partial charge < -0.3 is 10.0 Å².